The first kappa shape index (κ1) is 19.1. The monoisotopic (exact) mass is 328 g/mol. The molecule has 1 atom stereocenters. The molecule has 128 valence electrons. The Hall–Kier alpha value is -1.98. The molecule has 0 spiro atoms. The lowest BCUT2D eigenvalue weighted by Gasteiger charge is -2.23. The molecule has 1 aromatic carbocycles. The number of hydrogen-bond acceptors (Lipinski definition) is 4. The Kier molecular flexibility index (Phi) is 5.86. The summed E-state index contributed by atoms with van der Waals surface area (Å²) in [6.07, 6.45) is 0.0250. The SMILES string of the molecule is COC(=O)[C@H](Cc1ccc(C(C)(F)F)cc1)C(=O)OC(C)(C)C. The molecule has 6 heteroatoms. The van der Waals surface area contributed by atoms with Crippen molar-refractivity contribution in [2.45, 2.75) is 45.6 Å². The maximum absolute atomic E-state index is 13.2. The van der Waals surface area contributed by atoms with Gasteiger partial charge in [0.05, 0.1) is 7.11 Å². The summed E-state index contributed by atoms with van der Waals surface area (Å²) in [5.41, 5.74) is -0.301. The van der Waals surface area contributed by atoms with E-state index in [0.29, 0.717) is 5.56 Å². The molecule has 1 aromatic rings. The Balaban J connectivity index is 2.94. The van der Waals surface area contributed by atoms with Crippen LogP contribution in [0, 0.1) is 5.92 Å². The first-order valence-corrected chi connectivity index (χ1v) is 7.22. The van der Waals surface area contributed by atoms with E-state index < -0.39 is 29.4 Å². The van der Waals surface area contributed by atoms with E-state index in [1.165, 1.54) is 31.4 Å². The molecule has 0 aliphatic rings. The van der Waals surface area contributed by atoms with E-state index in [2.05, 4.69) is 4.74 Å². The highest BCUT2D eigenvalue weighted by Gasteiger charge is 2.32. The predicted molar refractivity (Wildman–Crippen MR) is 81.1 cm³/mol. The van der Waals surface area contributed by atoms with E-state index in [1.807, 2.05) is 0 Å². The van der Waals surface area contributed by atoms with Crippen molar-refractivity contribution in [1.82, 2.24) is 0 Å². The molecule has 23 heavy (non-hydrogen) atoms. The highest BCUT2D eigenvalue weighted by Crippen LogP contribution is 2.27. The van der Waals surface area contributed by atoms with Gasteiger partial charge in [-0.15, -0.1) is 0 Å². The van der Waals surface area contributed by atoms with Crippen LogP contribution in [0.4, 0.5) is 8.78 Å². The molecule has 0 aromatic heterocycles. The van der Waals surface area contributed by atoms with Crippen molar-refractivity contribution in [2.75, 3.05) is 7.11 Å². The number of alkyl halides is 2. The first-order valence-electron chi connectivity index (χ1n) is 7.22. The van der Waals surface area contributed by atoms with Crippen molar-refractivity contribution in [2.24, 2.45) is 5.92 Å². The molecule has 0 fully saturated rings. The lowest BCUT2D eigenvalue weighted by molar-refractivity contribution is -0.168. The largest absolute Gasteiger partial charge is 0.468 e. The van der Waals surface area contributed by atoms with Gasteiger partial charge in [0, 0.05) is 12.5 Å². The number of carbonyl (C=O) groups is 2. The van der Waals surface area contributed by atoms with Crippen molar-refractivity contribution in [3.05, 3.63) is 35.4 Å². The van der Waals surface area contributed by atoms with Gasteiger partial charge in [-0.05, 0) is 32.8 Å². The van der Waals surface area contributed by atoms with Crippen LogP contribution >= 0.6 is 0 Å². The molecule has 1 rings (SSSR count). The average molecular weight is 328 g/mol. The number of rotatable bonds is 5. The molecule has 0 radical (unpaired) electrons. The van der Waals surface area contributed by atoms with Crippen LogP contribution in [-0.4, -0.2) is 24.6 Å². The number of methoxy groups -OCH3 is 1. The number of halogens is 2. The van der Waals surface area contributed by atoms with Gasteiger partial charge >= 0.3 is 11.9 Å². The number of carbonyl (C=O) groups excluding carboxylic acids is 2. The zero-order valence-electron chi connectivity index (χ0n) is 14.0. The van der Waals surface area contributed by atoms with Crippen LogP contribution in [0.5, 0.6) is 0 Å². The molecule has 0 saturated heterocycles. The Morgan fingerprint density at radius 2 is 1.57 bits per heavy atom. The number of hydrogen-bond donors (Lipinski definition) is 0. The third-order valence-electron chi connectivity index (χ3n) is 3.08. The molecule has 0 amide bonds. The predicted octanol–water partition coefficient (Wildman–Crippen LogP) is 3.47. The quantitative estimate of drug-likeness (QED) is 0.613. The van der Waals surface area contributed by atoms with E-state index in [-0.39, 0.29) is 12.0 Å². The lowest BCUT2D eigenvalue weighted by Crippen LogP contribution is -2.34. The second-order valence-corrected chi connectivity index (χ2v) is 6.40. The molecule has 0 heterocycles. The normalized spacial score (nSPS) is 13.3. The summed E-state index contributed by atoms with van der Waals surface area (Å²) in [6.45, 7) is 5.88. The molecular formula is C17H22F2O4. The Bertz CT molecular complexity index is 553. The molecule has 0 aliphatic carbocycles. The fourth-order valence-electron chi connectivity index (χ4n) is 1.95. The minimum absolute atomic E-state index is 0.0250. The second-order valence-electron chi connectivity index (χ2n) is 6.40. The highest BCUT2D eigenvalue weighted by molar-refractivity contribution is 5.95. The van der Waals surface area contributed by atoms with Gasteiger partial charge in [0.15, 0.2) is 5.92 Å². The van der Waals surface area contributed by atoms with Crippen molar-refractivity contribution >= 4 is 11.9 Å². The standard InChI is InChI=1S/C17H22F2O4/c1-16(2,3)23-15(21)13(14(20)22-5)10-11-6-8-12(9-7-11)17(4,18)19/h6-9,13H,10H2,1-5H3/t13-/m0/s1. The van der Waals surface area contributed by atoms with Gasteiger partial charge < -0.3 is 9.47 Å². The van der Waals surface area contributed by atoms with Gasteiger partial charge in [0.1, 0.15) is 5.60 Å². The van der Waals surface area contributed by atoms with Crippen LogP contribution in [0.25, 0.3) is 0 Å². The topological polar surface area (TPSA) is 52.6 Å². The molecule has 0 aliphatic heterocycles. The molecule has 0 unspecified atom stereocenters. The van der Waals surface area contributed by atoms with Crippen molar-refractivity contribution in [3.8, 4) is 0 Å². The van der Waals surface area contributed by atoms with Crippen molar-refractivity contribution in [1.29, 1.82) is 0 Å². The van der Waals surface area contributed by atoms with Crippen LogP contribution in [0.2, 0.25) is 0 Å². The van der Waals surface area contributed by atoms with E-state index in [9.17, 15) is 18.4 Å². The maximum Gasteiger partial charge on any atom is 0.321 e. The van der Waals surface area contributed by atoms with E-state index in [0.717, 1.165) is 6.92 Å². The summed E-state index contributed by atoms with van der Waals surface area (Å²) in [7, 11) is 1.18. The van der Waals surface area contributed by atoms with E-state index in [4.69, 9.17) is 4.74 Å². The maximum atomic E-state index is 13.2. The fourth-order valence-corrected chi connectivity index (χ4v) is 1.95. The fraction of sp³-hybridized carbons (Fsp3) is 0.529. The van der Waals surface area contributed by atoms with Crippen LogP contribution in [0.3, 0.4) is 0 Å². The Labute approximate surface area is 134 Å². The zero-order valence-corrected chi connectivity index (χ0v) is 14.0. The van der Waals surface area contributed by atoms with Gasteiger partial charge in [-0.2, -0.15) is 0 Å². The number of esters is 2. The average Bonchev–Trinajstić information content (AvgIpc) is 2.41. The van der Waals surface area contributed by atoms with E-state index in [1.54, 1.807) is 20.8 Å². The van der Waals surface area contributed by atoms with Crippen molar-refractivity contribution < 1.29 is 27.8 Å². The third kappa shape index (κ3) is 5.96. The number of benzene rings is 1. The van der Waals surface area contributed by atoms with Crippen LogP contribution in [0.1, 0.15) is 38.8 Å². The summed E-state index contributed by atoms with van der Waals surface area (Å²) in [5, 5.41) is 0. The van der Waals surface area contributed by atoms with Gasteiger partial charge in [-0.1, -0.05) is 24.3 Å². The molecule has 0 bridgehead atoms. The Morgan fingerprint density at radius 1 is 1.04 bits per heavy atom. The van der Waals surface area contributed by atoms with Gasteiger partial charge in [-0.3, -0.25) is 9.59 Å². The van der Waals surface area contributed by atoms with Gasteiger partial charge in [0.25, 0.3) is 5.92 Å². The summed E-state index contributed by atoms with van der Waals surface area (Å²) in [6, 6.07) is 5.48. The lowest BCUT2D eigenvalue weighted by atomic mass is 9.97. The smallest absolute Gasteiger partial charge is 0.321 e. The zero-order chi connectivity index (χ0) is 17.8. The molecule has 0 saturated carbocycles. The molecule has 0 N–H and O–H groups in total. The molecule has 4 nitrogen and oxygen atoms in total. The van der Waals surface area contributed by atoms with Gasteiger partial charge in [-0.25, -0.2) is 8.78 Å². The molecular weight excluding hydrogens is 306 g/mol. The minimum atomic E-state index is -2.94. The highest BCUT2D eigenvalue weighted by atomic mass is 19.3. The summed E-state index contributed by atoms with van der Waals surface area (Å²) >= 11 is 0. The van der Waals surface area contributed by atoms with Crippen LogP contribution < -0.4 is 0 Å². The Morgan fingerprint density at radius 3 is 1.96 bits per heavy atom. The van der Waals surface area contributed by atoms with Crippen molar-refractivity contribution in [3.63, 3.8) is 0 Å². The summed E-state index contributed by atoms with van der Waals surface area (Å²) in [5.74, 6) is -5.49. The van der Waals surface area contributed by atoms with Gasteiger partial charge in [0.2, 0.25) is 0 Å². The third-order valence-corrected chi connectivity index (χ3v) is 3.08. The van der Waals surface area contributed by atoms with Crippen LogP contribution in [0.15, 0.2) is 24.3 Å². The summed E-state index contributed by atoms with van der Waals surface area (Å²) in [4.78, 5) is 24.0. The van der Waals surface area contributed by atoms with Crippen LogP contribution in [-0.2, 0) is 31.4 Å². The second kappa shape index (κ2) is 7.06. The number of ether oxygens (including phenoxy) is 2. The summed E-state index contributed by atoms with van der Waals surface area (Å²) < 4.78 is 36.2. The van der Waals surface area contributed by atoms with E-state index >= 15 is 0 Å². The minimum Gasteiger partial charge on any atom is -0.468 e. The first-order chi connectivity index (χ1) is 10.4.